The van der Waals surface area contributed by atoms with Crippen LogP contribution in [0.5, 0.6) is 0 Å². The van der Waals surface area contributed by atoms with E-state index in [0.29, 0.717) is 12.6 Å². The molecule has 2 heterocycles. The Morgan fingerprint density at radius 2 is 2.25 bits per heavy atom. The fourth-order valence-electron chi connectivity index (χ4n) is 2.09. The highest BCUT2D eigenvalue weighted by Crippen LogP contribution is 2.16. The molecule has 0 radical (unpaired) electrons. The molecule has 1 aromatic heterocycles. The van der Waals surface area contributed by atoms with E-state index >= 15 is 0 Å². The number of nitrogens with two attached hydrogens (primary N) is 1. The molecule has 2 N–H and O–H groups in total. The largest absolute Gasteiger partial charge is 0.463 e. The van der Waals surface area contributed by atoms with Crippen molar-refractivity contribution in [2.75, 3.05) is 19.8 Å². The number of furan rings is 1. The van der Waals surface area contributed by atoms with Gasteiger partial charge < -0.3 is 14.9 Å². The van der Waals surface area contributed by atoms with Crippen molar-refractivity contribution in [3.8, 4) is 0 Å². The van der Waals surface area contributed by atoms with E-state index in [2.05, 4.69) is 11.8 Å². The number of hydrogen-bond acceptors (Lipinski definition) is 4. The highest BCUT2D eigenvalue weighted by molar-refractivity contribution is 5.07. The fraction of sp³-hybridized carbons (Fsp3) is 0.667. The summed E-state index contributed by atoms with van der Waals surface area (Å²) in [5, 5.41) is 0. The molecule has 16 heavy (non-hydrogen) atoms. The Bertz CT molecular complexity index is 325. The van der Waals surface area contributed by atoms with Crippen LogP contribution in [-0.4, -0.2) is 30.7 Å². The average Bonchev–Trinajstić information content (AvgIpc) is 2.77. The number of hydrogen-bond donors (Lipinski definition) is 1. The van der Waals surface area contributed by atoms with Crippen LogP contribution in [0.1, 0.15) is 24.9 Å². The van der Waals surface area contributed by atoms with Crippen LogP contribution in [0.15, 0.2) is 16.5 Å². The van der Waals surface area contributed by atoms with E-state index in [1.54, 1.807) is 0 Å². The Labute approximate surface area is 96.4 Å². The van der Waals surface area contributed by atoms with Gasteiger partial charge in [0.1, 0.15) is 11.5 Å². The highest BCUT2D eigenvalue weighted by Gasteiger charge is 2.22. The molecule has 1 aromatic rings. The third kappa shape index (κ3) is 2.64. The molecule has 2 rings (SSSR count). The minimum atomic E-state index is 0.473. The summed E-state index contributed by atoms with van der Waals surface area (Å²) in [6, 6.07) is 4.49. The molecule has 4 nitrogen and oxygen atoms in total. The minimum absolute atomic E-state index is 0.473. The Hall–Kier alpha value is -0.840. The molecule has 1 atom stereocenters. The van der Waals surface area contributed by atoms with Crippen LogP contribution >= 0.6 is 0 Å². The first kappa shape index (κ1) is 11.6. The molecular formula is C12H20N2O2. The molecule has 0 amide bonds. The van der Waals surface area contributed by atoms with Gasteiger partial charge >= 0.3 is 0 Å². The maximum absolute atomic E-state index is 5.62. The normalized spacial score (nSPS) is 22.5. The predicted octanol–water partition coefficient (Wildman–Crippen LogP) is 1.35. The molecule has 0 spiro atoms. The number of morpholine rings is 1. The molecule has 1 aliphatic heterocycles. The standard InChI is InChI=1S/C12H20N2O2/c1-2-10-9-15-6-5-14(10)8-12-4-3-11(7-13)16-12/h3-4,10H,2,5-9,13H2,1H3. The molecular weight excluding hydrogens is 204 g/mol. The Balaban J connectivity index is 1.96. The quantitative estimate of drug-likeness (QED) is 0.838. The lowest BCUT2D eigenvalue weighted by Gasteiger charge is -2.34. The summed E-state index contributed by atoms with van der Waals surface area (Å²) < 4.78 is 11.1. The zero-order chi connectivity index (χ0) is 11.4. The van der Waals surface area contributed by atoms with Crippen molar-refractivity contribution in [2.24, 2.45) is 5.73 Å². The van der Waals surface area contributed by atoms with Crippen LogP contribution in [0.2, 0.25) is 0 Å². The second-order valence-electron chi connectivity index (χ2n) is 4.18. The molecule has 90 valence electrons. The second kappa shape index (κ2) is 5.48. The third-order valence-corrected chi connectivity index (χ3v) is 3.10. The van der Waals surface area contributed by atoms with E-state index < -0.39 is 0 Å². The average molecular weight is 224 g/mol. The molecule has 0 saturated carbocycles. The Morgan fingerprint density at radius 1 is 1.44 bits per heavy atom. The fourth-order valence-corrected chi connectivity index (χ4v) is 2.09. The van der Waals surface area contributed by atoms with Gasteiger partial charge in [-0.3, -0.25) is 4.90 Å². The maximum Gasteiger partial charge on any atom is 0.118 e. The van der Waals surface area contributed by atoms with Crippen molar-refractivity contribution in [1.82, 2.24) is 4.90 Å². The monoisotopic (exact) mass is 224 g/mol. The summed E-state index contributed by atoms with van der Waals surface area (Å²) in [5.74, 6) is 1.86. The van der Waals surface area contributed by atoms with Crippen LogP contribution in [0, 0.1) is 0 Å². The zero-order valence-corrected chi connectivity index (χ0v) is 9.82. The summed E-state index contributed by atoms with van der Waals surface area (Å²) >= 11 is 0. The van der Waals surface area contributed by atoms with Crippen LogP contribution in [0.4, 0.5) is 0 Å². The van der Waals surface area contributed by atoms with Crippen LogP contribution in [-0.2, 0) is 17.8 Å². The van der Waals surface area contributed by atoms with Crippen molar-refractivity contribution in [2.45, 2.75) is 32.5 Å². The van der Waals surface area contributed by atoms with Gasteiger partial charge in [0.05, 0.1) is 26.3 Å². The third-order valence-electron chi connectivity index (χ3n) is 3.10. The van der Waals surface area contributed by atoms with Crippen molar-refractivity contribution >= 4 is 0 Å². The first-order chi connectivity index (χ1) is 7.83. The smallest absolute Gasteiger partial charge is 0.118 e. The van der Waals surface area contributed by atoms with E-state index in [1.807, 2.05) is 12.1 Å². The first-order valence-electron chi connectivity index (χ1n) is 5.93. The number of ether oxygens (including phenoxy) is 1. The van der Waals surface area contributed by atoms with E-state index in [9.17, 15) is 0 Å². The van der Waals surface area contributed by atoms with Gasteiger partial charge in [0.25, 0.3) is 0 Å². The molecule has 1 fully saturated rings. The molecule has 1 saturated heterocycles. The summed E-state index contributed by atoms with van der Waals surface area (Å²) in [4.78, 5) is 2.42. The Kier molecular flexibility index (Phi) is 3.98. The van der Waals surface area contributed by atoms with E-state index in [-0.39, 0.29) is 0 Å². The van der Waals surface area contributed by atoms with Crippen molar-refractivity contribution in [1.29, 1.82) is 0 Å². The van der Waals surface area contributed by atoms with Crippen LogP contribution in [0.3, 0.4) is 0 Å². The van der Waals surface area contributed by atoms with E-state index in [0.717, 1.165) is 44.2 Å². The van der Waals surface area contributed by atoms with Crippen molar-refractivity contribution in [3.05, 3.63) is 23.7 Å². The van der Waals surface area contributed by atoms with Gasteiger partial charge in [0.2, 0.25) is 0 Å². The van der Waals surface area contributed by atoms with Crippen LogP contribution in [0.25, 0.3) is 0 Å². The summed E-state index contributed by atoms with van der Waals surface area (Å²) in [7, 11) is 0. The van der Waals surface area contributed by atoms with Gasteiger partial charge in [0, 0.05) is 12.6 Å². The highest BCUT2D eigenvalue weighted by atomic mass is 16.5. The summed E-state index contributed by atoms with van der Waals surface area (Å²) in [6.07, 6.45) is 1.12. The van der Waals surface area contributed by atoms with Gasteiger partial charge in [-0.25, -0.2) is 0 Å². The molecule has 4 heteroatoms. The van der Waals surface area contributed by atoms with Gasteiger partial charge in [-0.2, -0.15) is 0 Å². The molecule has 0 bridgehead atoms. The van der Waals surface area contributed by atoms with Crippen LogP contribution < -0.4 is 5.73 Å². The Morgan fingerprint density at radius 3 is 2.94 bits per heavy atom. The SMILES string of the molecule is CCC1COCCN1Cc1ccc(CN)o1. The topological polar surface area (TPSA) is 51.6 Å². The van der Waals surface area contributed by atoms with E-state index in [1.165, 1.54) is 0 Å². The van der Waals surface area contributed by atoms with Gasteiger partial charge in [-0.05, 0) is 18.6 Å². The minimum Gasteiger partial charge on any atom is -0.463 e. The molecule has 1 aliphatic rings. The number of nitrogens with zero attached hydrogens (tertiary/aromatic N) is 1. The van der Waals surface area contributed by atoms with E-state index in [4.69, 9.17) is 14.9 Å². The predicted molar refractivity (Wildman–Crippen MR) is 61.9 cm³/mol. The lowest BCUT2D eigenvalue weighted by molar-refractivity contribution is -0.0155. The zero-order valence-electron chi connectivity index (χ0n) is 9.82. The molecule has 0 aromatic carbocycles. The number of rotatable bonds is 4. The first-order valence-corrected chi connectivity index (χ1v) is 5.93. The molecule has 1 unspecified atom stereocenters. The van der Waals surface area contributed by atoms with Gasteiger partial charge in [-0.1, -0.05) is 6.92 Å². The van der Waals surface area contributed by atoms with Gasteiger partial charge in [-0.15, -0.1) is 0 Å². The lowest BCUT2D eigenvalue weighted by atomic mass is 10.1. The van der Waals surface area contributed by atoms with Gasteiger partial charge in [0.15, 0.2) is 0 Å². The summed E-state index contributed by atoms with van der Waals surface area (Å²) in [5.41, 5.74) is 5.52. The second-order valence-corrected chi connectivity index (χ2v) is 4.18. The summed E-state index contributed by atoms with van der Waals surface area (Å²) in [6.45, 7) is 6.17. The lowest BCUT2D eigenvalue weighted by Crippen LogP contribution is -2.44. The van der Waals surface area contributed by atoms with Crippen molar-refractivity contribution < 1.29 is 9.15 Å². The maximum atomic E-state index is 5.62. The van der Waals surface area contributed by atoms with Crippen molar-refractivity contribution in [3.63, 3.8) is 0 Å². The molecule has 0 aliphatic carbocycles.